The number of rotatable bonds is 5. The minimum Gasteiger partial charge on any atom is -0.454 e. The van der Waals surface area contributed by atoms with Gasteiger partial charge in [0.05, 0.1) is 0 Å². The summed E-state index contributed by atoms with van der Waals surface area (Å²) in [5.41, 5.74) is 1.23. The SMILES string of the molecule is CN=C(NCCc1ccc2c(c1)OCO2)NC1CCN(C(C)C)CC1.I. The van der Waals surface area contributed by atoms with Crippen molar-refractivity contribution in [3.63, 3.8) is 0 Å². The van der Waals surface area contributed by atoms with E-state index in [1.807, 2.05) is 13.1 Å². The highest BCUT2D eigenvalue weighted by atomic mass is 127. The molecular weight excluding hydrogens is 443 g/mol. The van der Waals surface area contributed by atoms with E-state index in [-0.39, 0.29) is 24.0 Å². The van der Waals surface area contributed by atoms with Crippen molar-refractivity contribution in [1.29, 1.82) is 0 Å². The van der Waals surface area contributed by atoms with Crippen molar-refractivity contribution in [2.24, 2.45) is 4.99 Å². The van der Waals surface area contributed by atoms with E-state index in [9.17, 15) is 0 Å². The van der Waals surface area contributed by atoms with Crippen molar-refractivity contribution in [2.75, 3.05) is 33.5 Å². The molecule has 0 amide bonds. The minimum absolute atomic E-state index is 0. The Morgan fingerprint density at radius 3 is 2.65 bits per heavy atom. The van der Waals surface area contributed by atoms with Gasteiger partial charge in [0, 0.05) is 38.8 Å². The lowest BCUT2D eigenvalue weighted by atomic mass is 10.0. The highest BCUT2D eigenvalue weighted by Crippen LogP contribution is 2.32. The van der Waals surface area contributed by atoms with Crippen molar-refractivity contribution in [3.05, 3.63) is 23.8 Å². The first-order valence-electron chi connectivity index (χ1n) is 9.25. The fourth-order valence-corrected chi connectivity index (χ4v) is 3.37. The van der Waals surface area contributed by atoms with Gasteiger partial charge in [-0.05, 0) is 50.8 Å². The second-order valence-corrected chi connectivity index (χ2v) is 6.98. The molecule has 0 aliphatic carbocycles. The molecule has 0 radical (unpaired) electrons. The molecule has 2 heterocycles. The van der Waals surface area contributed by atoms with Crippen LogP contribution in [-0.2, 0) is 6.42 Å². The van der Waals surface area contributed by atoms with Crippen LogP contribution in [-0.4, -0.2) is 56.4 Å². The van der Waals surface area contributed by atoms with Crippen molar-refractivity contribution < 1.29 is 9.47 Å². The summed E-state index contributed by atoms with van der Waals surface area (Å²) >= 11 is 0. The molecule has 2 aliphatic rings. The summed E-state index contributed by atoms with van der Waals surface area (Å²) in [6.07, 6.45) is 3.26. The Morgan fingerprint density at radius 2 is 1.96 bits per heavy atom. The van der Waals surface area contributed by atoms with E-state index < -0.39 is 0 Å². The molecule has 2 aliphatic heterocycles. The van der Waals surface area contributed by atoms with Crippen LogP contribution in [0.1, 0.15) is 32.3 Å². The van der Waals surface area contributed by atoms with E-state index in [4.69, 9.17) is 9.47 Å². The van der Waals surface area contributed by atoms with Crippen LogP contribution in [0.25, 0.3) is 0 Å². The Balaban J connectivity index is 0.00000243. The second kappa shape index (κ2) is 10.2. The van der Waals surface area contributed by atoms with Crippen molar-refractivity contribution >= 4 is 29.9 Å². The Bertz CT molecular complexity index is 601. The van der Waals surface area contributed by atoms with E-state index in [0.29, 0.717) is 18.9 Å². The fraction of sp³-hybridized carbons (Fsp3) is 0.632. The topological polar surface area (TPSA) is 58.1 Å². The van der Waals surface area contributed by atoms with Gasteiger partial charge in [0.2, 0.25) is 6.79 Å². The number of aliphatic imine (C=N–C) groups is 1. The van der Waals surface area contributed by atoms with Gasteiger partial charge in [0.1, 0.15) is 0 Å². The lowest BCUT2D eigenvalue weighted by Gasteiger charge is -2.35. The molecule has 1 fully saturated rings. The lowest BCUT2D eigenvalue weighted by molar-refractivity contribution is 0.167. The number of ether oxygens (including phenoxy) is 2. The molecule has 0 aromatic heterocycles. The Kier molecular flexibility index (Phi) is 8.27. The molecule has 1 aromatic carbocycles. The normalized spacial score (nSPS) is 17.9. The van der Waals surface area contributed by atoms with Crippen LogP contribution >= 0.6 is 24.0 Å². The van der Waals surface area contributed by atoms with E-state index in [1.165, 1.54) is 18.4 Å². The van der Waals surface area contributed by atoms with E-state index in [2.05, 4.69) is 46.5 Å². The van der Waals surface area contributed by atoms with Gasteiger partial charge < -0.3 is 25.0 Å². The second-order valence-electron chi connectivity index (χ2n) is 6.98. The van der Waals surface area contributed by atoms with Gasteiger partial charge in [-0.15, -0.1) is 24.0 Å². The summed E-state index contributed by atoms with van der Waals surface area (Å²) in [5.74, 6) is 2.57. The average molecular weight is 474 g/mol. The van der Waals surface area contributed by atoms with Crippen LogP contribution in [0.2, 0.25) is 0 Å². The molecule has 6 nitrogen and oxygen atoms in total. The average Bonchev–Trinajstić information content (AvgIpc) is 3.09. The van der Waals surface area contributed by atoms with E-state index in [1.54, 1.807) is 0 Å². The summed E-state index contributed by atoms with van der Waals surface area (Å²) in [6.45, 7) is 8.01. The largest absolute Gasteiger partial charge is 0.454 e. The van der Waals surface area contributed by atoms with E-state index in [0.717, 1.165) is 43.5 Å². The summed E-state index contributed by atoms with van der Waals surface area (Å²) in [5, 5.41) is 6.98. The number of guanidine groups is 1. The van der Waals surface area contributed by atoms with Crippen molar-refractivity contribution in [2.45, 2.75) is 45.2 Å². The highest BCUT2D eigenvalue weighted by molar-refractivity contribution is 14.0. The van der Waals surface area contributed by atoms with Crippen molar-refractivity contribution in [1.82, 2.24) is 15.5 Å². The maximum absolute atomic E-state index is 5.43. The molecule has 1 saturated heterocycles. The van der Waals surface area contributed by atoms with Gasteiger partial charge in [-0.25, -0.2) is 0 Å². The fourth-order valence-electron chi connectivity index (χ4n) is 3.37. The number of piperidine rings is 1. The predicted molar refractivity (Wildman–Crippen MR) is 116 cm³/mol. The Hall–Kier alpha value is -1.22. The van der Waals surface area contributed by atoms with Crippen LogP contribution in [0.4, 0.5) is 0 Å². The number of nitrogens with one attached hydrogen (secondary N) is 2. The van der Waals surface area contributed by atoms with Crippen molar-refractivity contribution in [3.8, 4) is 11.5 Å². The summed E-state index contributed by atoms with van der Waals surface area (Å²) in [7, 11) is 1.83. The number of halogens is 1. The molecule has 1 aromatic rings. The van der Waals surface area contributed by atoms with Crippen LogP contribution in [0.5, 0.6) is 11.5 Å². The van der Waals surface area contributed by atoms with Gasteiger partial charge in [-0.3, -0.25) is 4.99 Å². The third-order valence-corrected chi connectivity index (χ3v) is 4.97. The zero-order valence-electron chi connectivity index (χ0n) is 16.0. The zero-order chi connectivity index (χ0) is 17.6. The summed E-state index contributed by atoms with van der Waals surface area (Å²) in [6, 6.07) is 7.27. The van der Waals surface area contributed by atoms with Crippen LogP contribution < -0.4 is 20.1 Å². The standard InChI is InChI=1S/C19H30N4O2.HI/c1-14(2)23-10-7-16(8-11-23)22-19(20-3)21-9-6-15-4-5-17-18(12-15)25-13-24-17;/h4-5,12,14,16H,6-11,13H2,1-3H3,(H2,20,21,22);1H. The smallest absolute Gasteiger partial charge is 0.231 e. The molecule has 0 saturated carbocycles. The molecule has 7 heteroatoms. The molecule has 0 atom stereocenters. The number of fused-ring (bicyclic) bond motifs is 1. The third-order valence-electron chi connectivity index (χ3n) is 4.97. The predicted octanol–water partition coefficient (Wildman–Crippen LogP) is 2.61. The molecule has 0 spiro atoms. The number of hydrogen-bond donors (Lipinski definition) is 2. The maximum atomic E-state index is 5.43. The number of nitrogens with zero attached hydrogens (tertiary/aromatic N) is 2. The zero-order valence-corrected chi connectivity index (χ0v) is 18.3. The minimum atomic E-state index is 0. The summed E-state index contributed by atoms with van der Waals surface area (Å²) < 4.78 is 10.8. The quantitative estimate of drug-likeness (QED) is 0.391. The molecule has 146 valence electrons. The Morgan fingerprint density at radius 1 is 1.23 bits per heavy atom. The number of benzene rings is 1. The third kappa shape index (κ3) is 5.64. The van der Waals surface area contributed by atoms with Gasteiger partial charge in [-0.1, -0.05) is 6.07 Å². The Labute approximate surface area is 173 Å². The van der Waals surface area contributed by atoms with E-state index >= 15 is 0 Å². The summed E-state index contributed by atoms with van der Waals surface area (Å²) in [4.78, 5) is 6.90. The van der Waals surface area contributed by atoms with Gasteiger partial charge in [0.25, 0.3) is 0 Å². The monoisotopic (exact) mass is 474 g/mol. The first kappa shape index (κ1) is 21.1. The van der Waals surface area contributed by atoms with Crippen LogP contribution in [0.15, 0.2) is 23.2 Å². The highest BCUT2D eigenvalue weighted by Gasteiger charge is 2.21. The lowest BCUT2D eigenvalue weighted by Crippen LogP contribution is -2.50. The molecule has 2 N–H and O–H groups in total. The molecule has 0 bridgehead atoms. The maximum Gasteiger partial charge on any atom is 0.231 e. The molecule has 3 rings (SSSR count). The first-order chi connectivity index (χ1) is 12.2. The van der Waals surface area contributed by atoms with Gasteiger partial charge in [-0.2, -0.15) is 0 Å². The number of hydrogen-bond acceptors (Lipinski definition) is 4. The number of likely N-dealkylation sites (tertiary alicyclic amines) is 1. The van der Waals surface area contributed by atoms with Gasteiger partial charge in [0.15, 0.2) is 17.5 Å². The van der Waals surface area contributed by atoms with Gasteiger partial charge >= 0.3 is 0 Å². The molecular formula is C19H31IN4O2. The first-order valence-corrected chi connectivity index (χ1v) is 9.25. The van der Waals surface area contributed by atoms with Crippen LogP contribution in [0.3, 0.4) is 0 Å². The molecule has 0 unspecified atom stereocenters. The van der Waals surface area contributed by atoms with Crippen LogP contribution in [0, 0.1) is 0 Å². The molecule has 26 heavy (non-hydrogen) atoms.